The zero-order valence-electron chi connectivity index (χ0n) is 11.1. The predicted octanol–water partition coefficient (Wildman–Crippen LogP) is 2.25. The molecule has 0 saturated carbocycles. The Bertz CT molecular complexity index is 131. The Labute approximate surface area is 101 Å². The van der Waals surface area contributed by atoms with Crippen molar-refractivity contribution >= 4 is 0 Å². The molecule has 0 aromatic heterocycles. The summed E-state index contributed by atoms with van der Waals surface area (Å²) in [6, 6.07) is 0. The van der Waals surface area contributed by atoms with Crippen LogP contribution >= 0.6 is 0 Å². The van der Waals surface area contributed by atoms with Crippen molar-refractivity contribution in [2.45, 2.75) is 64.5 Å². The molecule has 98 valence electrons. The second-order valence-electron chi connectivity index (χ2n) is 4.48. The Morgan fingerprint density at radius 3 is 2.19 bits per heavy atom. The molecule has 0 aromatic rings. The molecule has 0 aliphatic heterocycles. The molecule has 0 fully saturated rings. The average Bonchev–Trinajstić information content (AvgIpc) is 2.30. The Kier molecular flexibility index (Phi) is 12.9. The van der Waals surface area contributed by atoms with Crippen molar-refractivity contribution in [1.82, 2.24) is 10.6 Å². The summed E-state index contributed by atoms with van der Waals surface area (Å²) in [5.41, 5.74) is 0. The maximum absolute atomic E-state index is 9.53. The third kappa shape index (κ3) is 12.0. The van der Waals surface area contributed by atoms with E-state index in [0.29, 0.717) is 0 Å². The number of aliphatic hydroxyl groups excluding tert-OH is 1. The van der Waals surface area contributed by atoms with Crippen LogP contribution in [-0.4, -0.2) is 31.5 Å². The SMILES string of the molecule is CCCCC(O)NCCCCCCCNC. The van der Waals surface area contributed by atoms with Gasteiger partial charge in [-0.2, -0.15) is 0 Å². The van der Waals surface area contributed by atoms with E-state index in [-0.39, 0.29) is 6.23 Å². The highest BCUT2D eigenvalue weighted by molar-refractivity contribution is 4.54. The lowest BCUT2D eigenvalue weighted by atomic mass is 10.1. The minimum absolute atomic E-state index is 0.288. The van der Waals surface area contributed by atoms with Gasteiger partial charge in [-0.3, -0.25) is 5.32 Å². The van der Waals surface area contributed by atoms with Crippen LogP contribution in [0.15, 0.2) is 0 Å². The van der Waals surface area contributed by atoms with Crippen molar-refractivity contribution < 1.29 is 5.11 Å². The molecule has 0 saturated heterocycles. The van der Waals surface area contributed by atoms with Crippen LogP contribution in [0.3, 0.4) is 0 Å². The van der Waals surface area contributed by atoms with Gasteiger partial charge >= 0.3 is 0 Å². The number of aliphatic hydroxyl groups is 1. The molecule has 0 rings (SSSR count). The van der Waals surface area contributed by atoms with E-state index in [0.717, 1.165) is 32.4 Å². The van der Waals surface area contributed by atoms with Crippen molar-refractivity contribution in [1.29, 1.82) is 0 Å². The van der Waals surface area contributed by atoms with Crippen LogP contribution in [-0.2, 0) is 0 Å². The first kappa shape index (κ1) is 15.9. The van der Waals surface area contributed by atoms with Gasteiger partial charge in [-0.15, -0.1) is 0 Å². The van der Waals surface area contributed by atoms with E-state index in [4.69, 9.17) is 0 Å². The van der Waals surface area contributed by atoms with Crippen LogP contribution in [0, 0.1) is 0 Å². The highest BCUT2D eigenvalue weighted by Crippen LogP contribution is 2.02. The molecule has 0 bridgehead atoms. The second kappa shape index (κ2) is 12.9. The number of unbranched alkanes of at least 4 members (excludes halogenated alkanes) is 5. The van der Waals surface area contributed by atoms with Crippen molar-refractivity contribution in [3.05, 3.63) is 0 Å². The summed E-state index contributed by atoms with van der Waals surface area (Å²) in [6.45, 7) is 4.24. The fourth-order valence-corrected chi connectivity index (χ4v) is 1.73. The third-order valence-electron chi connectivity index (χ3n) is 2.81. The standard InChI is InChI=1S/C13H30N2O/c1-3-4-10-13(16)15-12-9-7-5-6-8-11-14-2/h13-16H,3-12H2,1-2H3. The molecule has 0 aliphatic rings. The lowest BCUT2D eigenvalue weighted by Gasteiger charge is -2.11. The fraction of sp³-hybridized carbons (Fsp3) is 1.00. The summed E-state index contributed by atoms with van der Waals surface area (Å²) in [7, 11) is 2.00. The van der Waals surface area contributed by atoms with Gasteiger partial charge in [-0.25, -0.2) is 0 Å². The van der Waals surface area contributed by atoms with E-state index >= 15 is 0 Å². The van der Waals surface area contributed by atoms with Gasteiger partial charge in [0, 0.05) is 0 Å². The number of hydrogen-bond acceptors (Lipinski definition) is 3. The average molecular weight is 230 g/mol. The molecule has 16 heavy (non-hydrogen) atoms. The van der Waals surface area contributed by atoms with E-state index in [1.165, 1.54) is 32.1 Å². The third-order valence-corrected chi connectivity index (χ3v) is 2.81. The molecule has 3 heteroatoms. The van der Waals surface area contributed by atoms with Gasteiger partial charge in [-0.05, 0) is 45.8 Å². The Balaban J connectivity index is 3.02. The van der Waals surface area contributed by atoms with Crippen molar-refractivity contribution in [2.24, 2.45) is 0 Å². The highest BCUT2D eigenvalue weighted by Gasteiger charge is 2.00. The fourth-order valence-electron chi connectivity index (χ4n) is 1.73. The summed E-state index contributed by atoms with van der Waals surface area (Å²) in [5.74, 6) is 0. The van der Waals surface area contributed by atoms with E-state index in [2.05, 4.69) is 17.6 Å². The Hall–Kier alpha value is -0.120. The summed E-state index contributed by atoms with van der Waals surface area (Å²) < 4.78 is 0. The van der Waals surface area contributed by atoms with Crippen LogP contribution in [0.25, 0.3) is 0 Å². The maximum atomic E-state index is 9.53. The Morgan fingerprint density at radius 1 is 0.938 bits per heavy atom. The van der Waals surface area contributed by atoms with Gasteiger partial charge in [0.2, 0.25) is 0 Å². The van der Waals surface area contributed by atoms with Gasteiger partial charge in [-0.1, -0.05) is 32.6 Å². The molecule has 0 aliphatic carbocycles. The van der Waals surface area contributed by atoms with E-state index in [1.807, 2.05) is 7.05 Å². The molecule has 3 N–H and O–H groups in total. The van der Waals surface area contributed by atoms with Crippen LogP contribution in [0.2, 0.25) is 0 Å². The van der Waals surface area contributed by atoms with E-state index in [9.17, 15) is 5.11 Å². The first-order valence-electron chi connectivity index (χ1n) is 6.87. The minimum Gasteiger partial charge on any atom is -0.379 e. The summed E-state index contributed by atoms with van der Waals surface area (Å²) in [5, 5.41) is 15.9. The quantitative estimate of drug-likeness (QED) is 0.356. The molecule has 0 amide bonds. The monoisotopic (exact) mass is 230 g/mol. The van der Waals surface area contributed by atoms with Crippen LogP contribution < -0.4 is 10.6 Å². The van der Waals surface area contributed by atoms with Crippen molar-refractivity contribution in [2.75, 3.05) is 20.1 Å². The van der Waals surface area contributed by atoms with Gasteiger partial charge in [0.1, 0.15) is 6.23 Å². The molecule has 0 aromatic carbocycles. The number of hydrogen-bond donors (Lipinski definition) is 3. The van der Waals surface area contributed by atoms with Crippen molar-refractivity contribution in [3.63, 3.8) is 0 Å². The van der Waals surface area contributed by atoms with Gasteiger partial charge in [0.05, 0.1) is 0 Å². The molecular weight excluding hydrogens is 200 g/mol. The first-order valence-corrected chi connectivity index (χ1v) is 6.87. The second-order valence-corrected chi connectivity index (χ2v) is 4.48. The number of rotatable bonds is 12. The molecule has 1 atom stereocenters. The van der Waals surface area contributed by atoms with Crippen LogP contribution in [0.1, 0.15) is 58.3 Å². The Morgan fingerprint density at radius 2 is 1.56 bits per heavy atom. The predicted molar refractivity (Wildman–Crippen MR) is 70.5 cm³/mol. The van der Waals surface area contributed by atoms with Gasteiger partial charge in [0.25, 0.3) is 0 Å². The number of nitrogens with one attached hydrogen (secondary N) is 2. The van der Waals surface area contributed by atoms with Crippen LogP contribution in [0.4, 0.5) is 0 Å². The largest absolute Gasteiger partial charge is 0.379 e. The van der Waals surface area contributed by atoms with Gasteiger partial charge < -0.3 is 10.4 Å². The molecule has 3 nitrogen and oxygen atoms in total. The topological polar surface area (TPSA) is 44.3 Å². The molecule has 0 spiro atoms. The highest BCUT2D eigenvalue weighted by atomic mass is 16.3. The molecule has 0 heterocycles. The lowest BCUT2D eigenvalue weighted by molar-refractivity contribution is 0.124. The summed E-state index contributed by atoms with van der Waals surface area (Å²) in [4.78, 5) is 0. The van der Waals surface area contributed by atoms with Crippen LogP contribution in [0.5, 0.6) is 0 Å². The van der Waals surface area contributed by atoms with E-state index < -0.39 is 0 Å². The van der Waals surface area contributed by atoms with Gasteiger partial charge in [0.15, 0.2) is 0 Å². The zero-order valence-corrected chi connectivity index (χ0v) is 11.1. The molecule has 1 unspecified atom stereocenters. The smallest absolute Gasteiger partial charge is 0.104 e. The normalized spacial score (nSPS) is 12.9. The first-order chi connectivity index (χ1) is 7.81. The lowest BCUT2D eigenvalue weighted by Crippen LogP contribution is -2.29. The summed E-state index contributed by atoms with van der Waals surface area (Å²) >= 11 is 0. The molecular formula is C13H30N2O. The summed E-state index contributed by atoms with van der Waals surface area (Å²) in [6.07, 6.45) is 9.24. The van der Waals surface area contributed by atoms with Crippen molar-refractivity contribution in [3.8, 4) is 0 Å². The zero-order chi connectivity index (χ0) is 12.1. The maximum Gasteiger partial charge on any atom is 0.104 e. The minimum atomic E-state index is -0.288. The van der Waals surface area contributed by atoms with E-state index in [1.54, 1.807) is 0 Å². The molecule has 0 radical (unpaired) electrons.